The molecule has 0 aromatic rings. The maximum absolute atomic E-state index is 2.44. The van der Waals surface area contributed by atoms with Gasteiger partial charge in [0.25, 0.3) is 0 Å². The van der Waals surface area contributed by atoms with E-state index in [1.165, 1.54) is 54.7 Å². The maximum Gasteiger partial charge on any atom is -0.0316 e. The van der Waals surface area contributed by atoms with Crippen molar-refractivity contribution in [3.05, 3.63) is 0 Å². The van der Waals surface area contributed by atoms with Gasteiger partial charge in [-0.1, -0.05) is 55.4 Å². The minimum atomic E-state index is 0.508. The van der Waals surface area contributed by atoms with E-state index >= 15 is 0 Å². The first-order chi connectivity index (χ1) is 8.99. The Kier molecular flexibility index (Phi) is 10.2. The Morgan fingerprint density at radius 1 is 0.650 bits per heavy atom. The first-order valence-electron chi connectivity index (χ1n) is 8.41. The van der Waals surface area contributed by atoms with Crippen LogP contribution in [-0.4, -0.2) is 24.6 Å². The minimum Gasteiger partial charge on any atom is -0.121 e. The predicted octanol–water partition coefficient (Wildman–Crippen LogP) is 6.49. The summed E-state index contributed by atoms with van der Waals surface area (Å²) < 4.78 is 0. The van der Waals surface area contributed by atoms with Gasteiger partial charge in [-0.05, 0) is 60.2 Å². The van der Waals surface area contributed by atoms with Gasteiger partial charge < -0.3 is 0 Å². The van der Waals surface area contributed by atoms with Crippen molar-refractivity contribution >= 4 is 17.2 Å². The van der Waals surface area contributed by atoms with Crippen molar-refractivity contribution in [1.29, 1.82) is 0 Å². The van der Waals surface area contributed by atoms with Gasteiger partial charge in [0.15, 0.2) is 0 Å². The molecule has 0 aliphatic heterocycles. The fourth-order valence-electron chi connectivity index (χ4n) is 3.11. The maximum atomic E-state index is 2.44. The van der Waals surface area contributed by atoms with Crippen LogP contribution in [0.4, 0.5) is 0 Å². The SMILES string of the molecule is CC(CPCCPCC(C)CC(C)(C)C)CC(C)(C)C. The fraction of sp³-hybridized carbons (Fsp3) is 1.00. The molecule has 0 bridgehead atoms. The summed E-state index contributed by atoms with van der Waals surface area (Å²) in [5.74, 6) is 1.83. The molecule has 2 heteroatoms. The lowest BCUT2D eigenvalue weighted by atomic mass is 9.86. The van der Waals surface area contributed by atoms with Crippen LogP contribution < -0.4 is 0 Å². The average Bonchev–Trinajstić information content (AvgIpc) is 2.17. The van der Waals surface area contributed by atoms with Crippen molar-refractivity contribution in [2.45, 2.75) is 68.2 Å². The second-order valence-electron chi connectivity index (χ2n) is 9.15. The minimum absolute atomic E-state index is 0.508. The van der Waals surface area contributed by atoms with Gasteiger partial charge in [0.2, 0.25) is 0 Å². The van der Waals surface area contributed by atoms with Crippen LogP contribution in [-0.2, 0) is 0 Å². The van der Waals surface area contributed by atoms with Gasteiger partial charge in [-0.25, -0.2) is 0 Å². The van der Waals surface area contributed by atoms with Crippen molar-refractivity contribution in [2.24, 2.45) is 22.7 Å². The van der Waals surface area contributed by atoms with Crippen molar-refractivity contribution in [1.82, 2.24) is 0 Å². The van der Waals surface area contributed by atoms with Gasteiger partial charge in [-0.2, -0.15) is 0 Å². The van der Waals surface area contributed by atoms with Gasteiger partial charge in [0.1, 0.15) is 0 Å². The summed E-state index contributed by atoms with van der Waals surface area (Å²) in [5, 5.41) is 0. The first-order valence-corrected chi connectivity index (χ1v) is 11.2. The van der Waals surface area contributed by atoms with Crippen LogP contribution in [0.25, 0.3) is 0 Å². The molecule has 0 aromatic heterocycles. The van der Waals surface area contributed by atoms with Crippen LogP contribution in [0, 0.1) is 22.7 Å². The molecule has 0 heterocycles. The molecule has 0 rings (SSSR count). The summed E-state index contributed by atoms with van der Waals surface area (Å²) in [6.07, 6.45) is 8.64. The van der Waals surface area contributed by atoms with Crippen LogP contribution in [0.3, 0.4) is 0 Å². The standard InChI is InChI=1S/C18H40P2/c1-15(11-17(3,4)5)13-19-9-10-20-14-16(2)12-18(6,7)8/h15-16,19-20H,9-14H2,1-8H3. The van der Waals surface area contributed by atoms with Gasteiger partial charge in [0, 0.05) is 0 Å². The molecule has 0 aliphatic carbocycles. The predicted molar refractivity (Wildman–Crippen MR) is 103 cm³/mol. The van der Waals surface area contributed by atoms with Gasteiger partial charge in [-0.15, -0.1) is 17.2 Å². The molecule has 0 fully saturated rings. The van der Waals surface area contributed by atoms with Crippen molar-refractivity contribution in [2.75, 3.05) is 24.6 Å². The Hall–Kier alpha value is 0.860. The van der Waals surface area contributed by atoms with Gasteiger partial charge in [-0.3, -0.25) is 0 Å². The Bertz CT molecular complexity index is 209. The van der Waals surface area contributed by atoms with E-state index in [9.17, 15) is 0 Å². The van der Waals surface area contributed by atoms with Crippen LogP contribution in [0.2, 0.25) is 0 Å². The first kappa shape index (κ1) is 20.9. The molecule has 0 radical (unpaired) electrons. The second-order valence-corrected chi connectivity index (χ2v) is 12.0. The number of hydrogen-bond acceptors (Lipinski definition) is 0. The van der Waals surface area contributed by atoms with E-state index in [0.29, 0.717) is 10.8 Å². The summed E-state index contributed by atoms with van der Waals surface area (Å²) in [5.41, 5.74) is 1.02. The topological polar surface area (TPSA) is 0 Å². The lowest BCUT2D eigenvalue weighted by Crippen LogP contribution is -2.13. The molecule has 0 saturated heterocycles. The average molecular weight is 318 g/mol. The molecule has 4 unspecified atom stereocenters. The van der Waals surface area contributed by atoms with E-state index in [1.54, 1.807) is 0 Å². The van der Waals surface area contributed by atoms with E-state index < -0.39 is 0 Å². The Morgan fingerprint density at radius 2 is 0.950 bits per heavy atom. The van der Waals surface area contributed by atoms with E-state index in [-0.39, 0.29) is 0 Å². The zero-order chi connectivity index (χ0) is 15.8. The zero-order valence-corrected chi connectivity index (χ0v) is 17.4. The third-order valence-electron chi connectivity index (χ3n) is 3.39. The molecule has 0 spiro atoms. The van der Waals surface area contributed by atoms with Gasteiger partial charge in [0.05, 0.1) is 0 Å². The highest BCUT2D eigenvalue weighted by atomic mass is 31.1. The Labute approximate surface area is 133 Å². The Balaban J connectivity index is 3.49. The normalized spacial score (nSPS) is 17.4. The highest BCUT2D eigenvalue weighted by molar-refractivity contribution is 7.42. The lowest BCUT2D eigenvalue weighted by molar-refractivity contribution is 0.322. The second kappa shape index (κ2) is 9.79. The smallest absolute Gasteiger partial charge is 0.0316 e. The molecule has 0 aliphatic rings. The van der Waals surface area contributed by atoms with Crippen LogP contribution in [0.5, 0.6) is 0 Å². The van der Waals surface area contributed by atoms with Crippen molar-refractivity contribution in [3.63, 3.8) is 0 Å². The summed E-state index contributed by atoms with van der Waals surface area (Å²) >= 11 is 0. The van der Waals surface area contributed by atoms with Gasteiger partial charge >= 0.3 is 0 Å². The van der Waals surface area contributed by atoms with E-state index in [1.807, 2.05) is 0 Å². The highest BCUT2D eigenvalue weighted by Gasteiger charge is 2.15. The zero-order valence-electron chi connectivity index (χ0n) is 15.4. The third kappa shape index (κ3) is 15.3. The number of hydrogen-bond donors (Lipinski definition) is 0. The molecule has 0 amide bonds. The molecule has 20 heavy (non-hydrogen) atoms. The van der Waals surface area contributed by atoms with Crippen molar-refractivity contribution < 1.29 is 0 Å². The molecule has 0 aromatic carbocycles. The molecule has 0 saturated carbocycles. The molecular formula is C18H40P2. The number of rotatable bonds is 9. The largest absolute Gasteiger partial charge is 0.121 e. The fourth-order valence-corrected chi connectivity index (χ4v) is 6.21. The summed E-state index contributed by atoms with van der Waals surface area (Å²) in [6, 6.07) is 0. The quantitative estimate of drug-likeness (QED) is 0.337. The molecule has 0 nitrogen and oxygen atoms in total. The van der Waals surface area contributed by atoms with E-state index in [0.717, 1.165) is 11.8 Å². The van der Waals surface area contributed by atoms with E-state index in [4.69, 9.17) is 0 Å². The van der Waals surface area contributed by atoms with Crippen LogP contribution in [0.15, 0.2) is 0 Å². The summed E-state index contributed by atoms with van der Waals surface area (Å²) in [4.78, 5) is 0. The van der Waals surface area contributed by atoms with Crippen LogP contribution in [0.1, 0.15) is 68.2 Å². The molecule has 0 N–H and O–H groups in total. The monoisotopic (exact) mass is 318 g/mol. The molecular weight excluding hydrogens is 278 g/mol. The van der Waals surface area contributed by atoms with Crippen molar-refractivity contribution in [3.8, 4) is 0 Å². The summed E-state index contributed by atoms with van der Waals surface area (Å²) in [6.45, 7) is 19.1. The third-order valence-corrected chi connectivity index (χ3v) is 7.06. The highest BCUT2D eigenvalue weighted by Crippen LogP contribution is 2.31. The van der Waals surface area contributed by atoms with Crippen LogP contribution >= 0.6 is 17.2 Å². The molecule has 4 atom stereocenters. The van der Waals surface area contributed by atoms with E-state index in [2.05, 4.69) is 55.4 Å². The Morgan fingerprint density at radius 3 is 1.20 bits per heavy atom. The molecule has 122 valence electrons. The summed E-state index contributed by atoms with van der Waals surface area (Å²) in [7, 11) is 2.40. The lowest BCUT2D eigenvalue weighted by Gasteiger charge is -2.23.